The second-order valence-corrected chi connectivity index (χ2v) is 4.95. The summed E-state index contributed by atoms with van der Waals surface area (Å²) in [4.78, 5) is 14.7. The second kappa shape index (κ2) is 5.52. The van der Waals surface area contributed by atoms with Gasteiger partial charge in [-0.15, -0.1) is 11.3 Å². The van der Waals surface area contributed by atoms with Gasteiger partial charge in [-0.05, 0) is 47.6 Å². The molecule has 2 aromatic rings. The SMILES string of the molecule is CN(C)c1ccc(C(=O)C#Cc2cccs2)cc1. The van der Waals surface area contributed by atoms with Crippen molar-refractivity contribution in [1.29, 1.82) is 0 Å². The molecule has 0 unspecified atom stereocenters. The number of nitrogens with zero attached hydrogens (tertiary/aromatic N) is 1. The first-order chi connectivity index (χ1) is 8.66. The maximum absolute atomic E-state index is 11.8. The summed E-state index contributed by atoms with van der Waals surface area (Å²) in [6.45, 7) is 0. The molecule has 0 fully saturated rings. The Bertz CT molecular complexity index is 586. The van der Waals surface area contributed by atoms with E-state index in [9.17, 15) is 4.79 Å². The molecule has 0 saturated carbocycles. The minimum Gasteiger partial charge on any atom is -0.378 e. The van der Waals surface area contributed by atoms with Gasteiger partial charge in [0, 0.05) is 25.3 Å². The minimum absolute atomic E-state index is 0.145. The molecule has 1 heterocycles. The third-order valence-electron chi connectivity index (χ3n) is 2.47. The van der Waals surface area contributed by atoms with Crippen LogP contribution < -0.4 is 4.90 Å². The van der Waals surface area contributed by atoms with Crippen molar-refractivity contribution >= 4 is 22.8 Å². The lowest BCUT2D eigenvalue weighted by Gasteiger charge is -2.11. The van der Waals surface area contributed by atoms with Gasteiger partial charge in [0.2, 0.25) is 5.78 Å². The van der Waals surface area contributed by atoms with E-state index in [1.54, 1.807) is 12.1 Å². The maximum Gasteiger partial charge on any atom is 0.236 e. The van der Waals surface area contributed by atoms with Crippen molar-refractivity contribution in [3.05, 3.63) is 52.2 Å². The summed E-state index contributed by atoms with van der Waals surface area (Å²) in [6.07, 6.45) is 0. The molecule has 0 saturated heterocycles. The summed E-state index contributed by atoms with van der Waals surface area (Å²) in [5.41, 5.74) is 1.70. The highest BCUT2D eigenvalue weighted by Gasteiger charge is 2.02. The van der Waals surface area contributed by atoms with E-state index in [-0.39, 0.29) is 5.78 Å². The number of hydrogen-bond donors (Lipinski definition) is 0. The molecule has 3 heteroatoms. The van der Waals surface area contributed by atoms with Crippen LogP contribution >= 0.6 is 11.3 Å². The van der Waals surface area contributed by atoms with Crippen LogP contribution in [0.3, 0.4) is 0 Å². The number of rotatable bonds is 2. The van der Waals surface area contributed by atoms with Crippen molar-refractivity contribution in [3.8, 4) is 11.8 Å². The van der Waals surface area contributed by atoms with E-state index in [1.165, 1.54) is 11.3 Å². The summed E-state index contributed by atoms with van der Waals surface area (Å²) >= 11 is 1.53. The van der Waals surface area contributed by atoms with Crippen LogP contribution in [0.15, 0.2) is 41.8 Å². The molecule has 0 spiro atoms. The molecule has 0 aliphatic heterocycles. The molecule has 0 amide bonds. The molecule has 0 atom stereocenters. The Hall–Kier alpha value is -2.05. The van der Waals surface area contributed by atoms with E-state index in [4.69, 9.17) is 0 Å². The smallest absolute Gasteiger partial charge is 0.236 e. The van der Waals surface area contributed by atoms with Gasteiger partial charge in [-0.3, -0.25) is 4.79 Å². The van der Waals surface area contributed by atoms with E-state index in [2.05, 4.69) is 11.8 Å². The molecule has 2 rings (SSSR count). The van der Waals surface area contributed by atoms with Crippen molar-refractivity contribution in [2.75, 3.05) is 19.0 Å². The fourth-order valence-electron chi connectivity index (χ4n) is 1.45. The predicted octanol–water partition coefficient (Wildman–Crippen LogP) is 3.05. The zero-order valence-corrected chi connectivity index (χ0v) is 11.1. The molecule has 1 aromatic carbocycles. The maximum atomic E-state index is 11.8. The summed E-state index contributed by atoms with van der Waals surface area (Å²) in [7, 11) is 3.93. The number of ketones is 1. The zero-order chi connectivity index (χ0) is 13.0. The second-order valence-electron chi connectivity index (χ2n) is 4.00. The Kier molecular flexibility index (Phi) is 3.81. The van der Waals surface area contributed by atoms with E-state index in [0.717, 1.165) is 10.6 Å². The van der Waals surface area contributed by atoms with Crippen LogP contribution in [-0.2, 0) is 0 Å². The Morgan fingerprint density at radius 1 is 1.17 bits per heavy atom. The molecular formula is C15H13NOS. The number of hydrogen-bond acceptors (Lipinski definition) is 3. The molecule has 0 radical (unpaired) electrons. The number of thiophene rings is 1. The lowest BCUT2D eigenvalue weighted by molar-refractivity contribution is 0.105. The standard InChI is InChI=1S/C15H13NOS/c1-16(2)13-7-5-12(6-8-13)15(17)10-9-14-4-3-11-18-14/h3-8,11H,1-2H3. The topological polar surface area (TPSA) is 20.3 Å². The van der Waals surface area contributed by atoms with Crippen LogP contribution in [0.25, 0.3) is 0 Å². The summed E-state index contributed by atoms with van der Waals surface area (Å²) < 4.78 is 0. The highest BCUT2D eigenvalue weighted by atomic mass is 32.1. The van der Waals surface area contributed by atoms with E-state index >= 15 is 0 Å². The Balaban J connectivity index is 2.14. The fourth-order valence-corrected chi connectivity index (χ4v) is 2.02. The molecule has 0 N–H and O–H groups in total. The van der Waals surface area contributed by atoms with Gasteiger partial charge in [0.25, 0.3) is 0 Å². The van der Waals surface area contributed by atoms with E-state index < -0.39 is 0 Å². The van der Waals surface area contributed by atoms with Crippen molar-refractivity contribution < 1.29 is 4.79 Å². The Morgan fingerprint density at radius 2 is 1.89 bits per heavy atom. The normalized spacial score (nSPS) is 9.44. The van der Waals surface area contributed by atoms with Gasteiger partial charge in [0.1, 0.15) is 0 Å². The molecule has 0 bridgehead atoms. The predicted molar refractivity (Wildman–Crippen MR) is 76.3 cm³/mol. The first kappa shape index (κ1) is 12.4. The Labute approximate surface area is 111 Å². The molecule has 18 heavy (non-hydrogen) atoms. The van der Waals surface area contributed by atoms with Crippen molar-refractivity contribution in [2.45, 2.75) is 0 Å². The Morgan fingerprint density at radius 3 is 2.44 bits per heavy atom. The van der Waals surface area contributed by atoms with Gasteiger partial charge in [-0.2, -0.15) is 0 Å². The molecular weight excluding hydrogens is 242 g/mol. The average Bonchev–Trinajstić information content (AvgIpc) is 2.89. The van der Waals surface area contributed by atoms with Crippen LogP contribution in [0, 0.1) is 11.8 Å². The van der Waals surface area contributed by atoms with Gasteiger partial charge in [0.15, 0.2) is 0 Å². The van der Waals surface area contributed by atoms with Gasteiger partial charge < -0.3 is 4.90 Å². The first-order valence-electron chi connectivity index (χ1n) is 5.54. The van der Waals surface area contributed by atoms with Crippen LogP contribution in [0.4, 0.5) is 5.69 Å². The van der Waals surface area contributed by atoms with Crippen LogP contribution in [0.1, 0.15) is 15.2 Å². The first-order valence-corrected chi connectivity index (χ1v) is 6.42. The highest BCUT2D eigenvalue weighted by molar-refractivity contribution is 7.10. The number of carbonyl (C=O) groups excluding carboxylic acids is 1. The average molecular weight is 255 g/mol. The van der Waals surface area contributed by atoms with Crippen LogP contribution in [0.2, 0.25) is 0 Å². The fraction of sp³-hybridized carbons (Fsp3) is 0.133. The lowest BCUT2D eigenvalue weighted by Crippen LogP contribution is -2.08. The third-order valence-corrected chi connectivity index (χ3v) is 3.25. The van der Waals surface area contributed by atoms with Crippen molar-refractivity contribution in [3.63, 3.8) is 0 Å². The minimum atomic E-state index is -0.145. The van der Waals surface area contributed by atoms with E-state index in [1.807, 2.05) is 48.6 Å². The largest absolute Gasteiger partial charge is 0.378 e. The van der Waals surface area contributed by atoms with Crippen LogP contribution in [0.5, 0.6) is 0 Å². The monoisotopic (exact) mass is 255 g/mol. The number of benzene rings is 1. The molecule has 1 aromatic heterocycles. The zero-order valence-electron chi connectivity index (χ0n) is 10.3. The summed E-state index contributed by atoms with van der Waals surface area (Å²) in [5, 5.41) is 1.94. The quantitative estimate of drug-likeness (QED) is 0.607. The lowest BCUT2D eigenvalue weighted by atomic mass is 10.1. The molecule has 90 valence electrons. The van der Waals surface area contributed by atoms with Crippen molar-refractivity contribution in [2.24, 2.45) is 0 Å². The number of Topliss-reactive ketones (excluding diaryl/α,β-unsaturated/α-hetero) is 1. The van der Waals surface area contributed by atoms with Gasteiger partial charge in [-0.1, -0.05) is 6.07 Å². The number of anilines is 1. The molecule has 0 aliphatic rings. The van der Waals surface area contributed by atoms with Crippen molar-refractivity contribution in [1.82, 2.24) is 0 Å². The van der Waals surface area contributed by atoms with Gasteiger partial charge in [-0.25, -0.2) is 0 Å². The highest BCUT2D eigenvalue weighted by Crippen LogP contribution is 2.12. The summed E-state index contributed by atoms with van der Waals surface area (Å²) in [5.74, 6) is 5.38. The van der Waals surface area contributed by atoms with E-state index in [0.29, 0.717) is 5.56 Å². The summed E-state index contributed by atoms with van der Waals surface area (Å²) in [6, 6.07) is 11.3. The number of carbonyl (C=O) groups is 1. The van der Waals surface area contributed by atoms with Gasteiger partial charge >= 0.3 is 0 Å². The molecule has 0 aliphatic carbocycles. The van der Waals surface area contributed by atoms with Crippen LogP contribution in [-0.4, -0.2) is 19.9 Å². The third kappa shape index (κ3) is 2.99. The van der Waals surface area contributed by atoms with Gasteiger partial charge in [0.05, 0.1) is 4.88 Å². The molecule has 2 nitrogen and oxygen atoms in total.